The van der Waals surface area contributed by atoms with Crippen molar-refractivity contribution in [1.82, 2.24) is 0 Å². The number of ether oxygens (including phenoxy) is 2. The second-order valence-corrected chi connectivity index (χ2v) is 5.00. The highest BCUT2D eigenvalue weighted by atomic mass is 79.9. The summed E-state index contributed by atoms with van der Waals surface area (Å²) in [7, 11) is 0. The quantitative estimate of drug-likeness (QED) is 0.705. The predicted molar refractivity (Wildman–Crippen MR) is 75.2 cm³/mol. The van der Waals surface area contributed by atoms with Gasteiger partial charge in [0.25, 0.3) is 0 Å². The smallest absolute Gasteiger partial charge is 0.161 e. The topological polar surface area (TPSA) is 18.5 Å². The molecule has 17 heavy (non-hydrogen) atoms. The van der Waals surface area contributed by atoms with Gasteiger partial charge in [0.1, 0.15) is 0 Å². The molecule has 0 bridgehead atoms. The largest absolute Gasteiger partial charge is 0.490 e. The lowest BCUT2D eigenvalue weighted by molar-refractivity contribution is 0.215. The highest BCUT2D eigenvalue weighted by Crippen LogP contribution is 2.27. The van der Waals surface area contributed by atoms with Crippen LogP contribution < -0.4 is 9.47 Å². The van der Waals surface area contributed by atoms with E-state index in [-0.39, 0.29) is 0 Å². The molecule has 0 N–H and O–H groups in total. The Labute approximate surface area is 112 Å². The van der Waals surface area contributed by atoms with Crippen LogP contribution in [0.15, 0.2) is 24.3 Å². The molecule has 3 heteroatoms. The lowest BCUT2D eigenvalue weighted by Crippen LogP contribution is -2.19. The van der Waals surface area contributed by atoms with E-state index in [0.717, 1.165) is 16.8 Å². The highest BCUT2D eigenvalue weighted by Gasteiger charge is 2.13. The Morgan fingerprint density at radius 1 is 1.12 bits per heavy atom. The van der Waals surface area contributed by atoms with E-state index in [2.05, 4.69) is 29.8 Å². The molecule has 1 unspecified atom stereocenters. The summed E-state index contributed by atoms with van der Waals surface area (Å²) >= 11 is 3.53. The van der Waals surface area contributed by atoms with Gasteiger partial charge in [0.15, 0.2) is 11.5 Å². The lowest BCUT2D eigenvalue weighted by Gasteiger charge is -2.19. The van der Waals surface area contributed by atoms with Gasteiger partial charge in [-0.15, -0.1) is 0 Å². The first-order chi connectivity index (χ1) is 8.19. The van der Waals surface area contributed by atoms with E-state index in [1.807, 2.05) is 31.2 Å². The minimum absolute atomic E-state index is 0.518. The molecule has 0 radical (unpaired) electrons. The number of rotatable bonds is 7. The number of alkyl halides is 1. The average Bonchev–Trinajstić information content (AvgIpc) is 2.32. The van der Waals surface area contributed by atoms with E-state index in [1.165, 1.54) is 0 Å². The van der Waals surface area contributed by atoms with Gasteiger partial charge >= 0.3 is 0 Å². The van der Waals surface area contributed by atoms with E-state index < -0.39 is 0 Å². The van der Waals surface area contributed by atoms with Crippen LogP contribution in [0.1, 0.15) is 20.8 Å². The molecule has 1 aromatic rings. The Morgan fingerprint density at radius 2 is 1.71 bits per heavy atom. The first kappa shape index (κ1) is 14.4. The Hall–Kier alpha value is -0.700. The number of hydrogen-bond acceptors (Lipinski definition) is 2. The highest BCUT2D eigenvalue weighted by molar-refractivity contribution is 9.09. The molecule has 1 atom stereocenters. The molecule has 0 heterocycles. The molecule has 0 aliphatic rings. The van der Waals surface area contributed by atoms with Gasteiger partial charge < -0.3 is 9.47 Å². The summed E-state index contributed by atoms with van der Waals surface area (Å²) in [5.41, 5.74) is 0. The van der Waals surface area contributed by atoms with Crippen LogP contribution >= 0.6 is 15.9 Å². The predicted octanol–water partition coefficient (Wildman–Crippen LogP) is 4.13. The van der Waals surface area contributed by atoms with Gasteiger partial charge in [0.2, 0.25) is 0 Å². The van der Waals surface area contributed by atoms with Gasteiger partial charge in [-0.2, -0.15) is 0 Å². The Kier molecular flexibility index (Phi) is 6.41. The van der Waals surface area contributed by atoms with Crippen LogP contribution in [-0.4, -0.2) is 18.5 Å². The Balaban J connectivity index is 2.61. The molecule has 0 amide bonds. The third kappa shape index (κ3) is 4.58. The van der Waals surface area contributed by atoms with Gasteiger partial charge in [0, 0.05) is 11.2 Å². The molecule has 0 aliphatic carbocycles. The van der Waals surface area contributed by atoms with Gasteiger partial charge in [-0.25, -0.2) is 0 Å². The molecule has 0 saturated carbocycles. The van der Waals surface area contributed by atoms with Crippen LogP contribution in [0.4, 0.5) is 0 Å². The molecule has 0 spiro atoms. The molecule has 0 aliphatic heterocycles. The van der Waals surface area contributed by atoms with E-state index in [9.17, 15) is 0 Å². The molecular formula is C14H21BrO2. The van der Waals surface area contributed by atoms with Crippen molar-refractivity contribution in [2.75, 3.05) is 18.5 Å². The van der Waals surface area contributed by atoms with Crippen molar-refractivity contribution in [3.05, 3.63) is 24.3 Å². The van der Waals surface area contributed by atoms with Gasteiger partial charge in [-0.05, 0) is 25.0 Å². The van der Waals surface area contributed by atoms with E-state index in [4.69, 9.17) is 9.47 Å². The monoisotopic (exact) mass is 300 g/mol. The number of para-hydroxylation sites is 2. The zero-order valence-electron chi connectivity index (χ0n) is 10.8. The summed E-state index contributed by atoms with van der Waals surface area (Å²) < 4.78 is 11.4. The fourth-order valence-electron chi connectivity index (χ4n) is 1.46. The molecule has 0 fully saturated rings. The van der Waals surface area contributed by atoms with Crippen LogP contribution in [0.5, 0.6) is 11.5 Å². The molecule has 1 rings (SSSR count). The summed E-state index contributed by atoms with van der Waals surface area (Å²) in [5.74, 6) is 2.78. The van der Waals surface area contributed by atoms with E-state index in [1.54, 1.807) is 0 Å². The SMILES string of the molecule is CCOc1ccccc1OCC(CBr)C(C)C. The molecule has 0 aromatic heterocycles. The lowest BCUT2D eigenvalue weighted by atomic mass is 9.99. The normalized spacial score (nSPS) is 12.5. The third-order valence-electron chi connectivity index (χ3n) is 2.74. The van der Waals surface area contributed by atoms with Crippen molar-refractivity contribution < 1.29 is 9.47 Å². The maximum absolute atomic E-state index is 5.85. The maximum Gasteiger partial charge on any atom is 0.161 e. The fourth-order valence-corrected chi connectivity index (χ4v) is 2.39. The van der Waals surface area contributed by atoms with Crippen molar-refractivity contribution in [2.24, 2.45) is 11.8 Å². The summed E-state index contributed by atoms with van der Waals surface area (Å²) in [6.45, 7) is 7.78. The van der Waals surface area contributed by atoms with E-state index >= 15 is 0 Å². The molecule has 96 valence electrons. The number of hydrogen-bond donors (Lipinski definition) is 0. The summed E-state index contributed by atoms with van der Waals surface area (Å²) in [6.07, 6.45) is 0. The summed E-state index contributed by atoms with van der Waals surface area (Å²) in [5, 5.41) is 0.960. The standard InChI is InChI=1S/C14H21BrO2/c1-4-16-13-7-5-6-8-14(13)17-10-12(9-15)11(2)3/h5-8,11-12H,4,9-10H2,1-3H3. The summed E-state index contributed by atoms with van der Waals surface area (Å²) in [4.78, 5) is 0. The van der Waals surface area contributed by atoms with Crippen LogP contribution in [0, 0.1) is 11.8 Å². The second kappa shape index (κ2) is 7.59. The van der Waals surface area contributed by atoms with Crippen molar-refractivity contribution in [3.63, 3.8) is 0 Å². The number of benzene rings is 1. The third-order valence-corrected chi connectivity index (χ3v) is 3.57. The molecular weight excluding hydrogens is 280 g/mol. The van der Waals surface area contributed by atoms with Crippen LogP contribution in [-0.2, 0) is 0 Å². The second-order valence-electron chi connectivity index (χ2n) is 4.35. The van der Waals surface area contributed by atoms with Crippen molar-refractivity contribution in [3.8, 4) is 11.5 Å². The number of halogens is 1. The minimum atomic E-state index is 0.518. The van der Waals surface area contributed by atoms with Crippen molar-refractivity contribution in [2.45, 2.75) is 20.8 Å². The van der Waals surface area contributed by atoms with Gasteiger partial charge in [-0.1, -0.05) is 41.9 Å². The van der Waals surface area contributed by atoms with Crippen molar-refractivity contribution >= 4 is 15.9 Å². The average molecular weight is 301 g/mol. The Morgan fingerprint density at radius 3 is 2.18 bits per heavy atom. The first-order valence-electron chi connectivity index (χ1n) is 6.09. The molecule has 1 aromatic carbocycles. The fraction of sp³-hybridized carbons (Fsp3) is 0.571. The Bertz CT molecular complexity index is 326. The molecule has 0 saturated heterocycles. The maximum atomic E-state index is 5.85. The zero-order chi connectivity index (χ0) is 12.7. The van der Waals surface area contributed by atoms with E-state index in [0.29, 0.717) is 25.0 Å². The van der Waals surface area contributed by atoms with Crippen molar-refractivity contribution in [1.29, 1.82) is 0 Å². The molecule has 2 nitrogen and oxygen atoms in total. The van der Waals surface area contributed by atoms with Gasteiger partial charge in [-0.3, -0.25) is 0 Å². The van der Waals surface area contributed by atoms with Crippen LogP contribution in [0.25, 0.3) is 0 Å². The van der Waals surface area contributed by atoms with Gasteiger partial charge in [0.05, 0.1) is 13.2 Å². The van der Waals surface area contributed by atoms with Crippen LogP contribution in [0.2, 0.25) is 0 Å². The van der Waals surface area contributed by atoms with Crippen LogP contribution in [0.3, 0.4) is 0 Å². The summed E-state index contributed by atoms with van der Waals surface area (Å²) in [6, 6.07) is 7.83. The minimum Gasteiger partial charge on any atom is -0.490 e. The first-order valence-corrected chi connectivity index (χ1v) is 7.21. The zero-order valence-corrected chi connectivity index (χ0v) is 12.4.